The van der Waals surface area contributed by atoms with E-state index in [1.54, 1.807) is 18.2 Å². The van der Waals surface area contributed by atoms with E-state index in [0.29, 0.717) is 12.0 Å². The van der Waals surface area contributed by atoms with Gasteiger partial charge in [0.05, 0.1) is 0 Å². The maximum Gasteiger partial charge on any atom is 0.149 e. The minimum absolute atomic E-state index is 0.0244. The number of carbonyl (C=O) groups is 2. The zero-order valence-electron chi connectivity index (χ0n) is 5.49. The molecule has 2 nitrogen and oxygen atoms in total. The second kappa shape index (κ2) is 3.11. The Morgan fingerprint density at radius 1 is 1.50 bits per heavy atom. The minimum Gasteiger partial charge on any atom is -0.303 e. The first-order chi connectivity index (χ1) is 4.86. The molecule has 1 atom stereocenters. The van der Waals surface area contributed by atoms with Crippen molar-refractivity contribution in [3.63, 3.8) is 0 Å². The van der Waals surface area contributed by atoms with E-state index < -0.39 is 0 Å². The van der Waals surface area contributed by atoms with Crippen LogP contribution in [0.1, 0.15) is 6.42 Å². The van der Waals surface area contributed by atoms with Crippen LogP contribution >= 0.6 is 0 Å². The van der Waals surface area contributed by atoms with E-state index in [0.717, 1.165) is 12.6 Å². The van der Waals surface area contributed by atoms with Crippen LogP contribution in [0.2, 0.25) is 0 Å². The number of carbonyl (C=O) groups excluding carboxylic acids is 2. The van der Waals surface area contributed by atoms with Gasteiger partial charge in [0.1, 0.15) is 12.6 Å². The van der Waals surface area contributed by atoms with Gasteiger partial charge in [-0.2, -0.15) is 0 Å². The van der Waals surface area contributed by atoms with E-state index in [1.165, 1.54) is 0 Å². The average molecular weight is 136 g/mol. The molecule has 0 aromatic carbocycles. The summed E-state index contributed by atoms with van der Waals surface area (Å²) in [5.74, 6) is -0.0244. The monoisotopic (exact) mass is 136 g/mol. The smallest absolute Gasteiger partial charge is 0.149 e. The third-order valence-corrected chi connectivity index (χ3v) is 1.47. The Bertz CT molecular complexity index is 201. The van der Waals surface area contributed by atoms with Crippen LogP contribution in [0.5, 0.6) is 0 Å². The fourth-order valence-electron chi connectivity index (χ4n) is 0.842. The average Bonchev–Trinajstić information content (AvgIpc) is 2.05. The Morgan fingerprint density at radius 3 is 2.70 bits per heavy atom. The summed E-state index contributed by atoms with van der Waals surface area (Å²) in [5.41, 5.74) is 0.665. The maximum atomic E-state index is 10.2. The number of hydrogen-bond donors (Lipinski definition) is 0. The van der Waals surface area contributed by atoms with Gasteiger partial charge in [-0.05, 0) is 6.42 Å². The van der Waals surface area contributed by atoms with Crippen LogP contribution in [-0.2, 0) is 9.59 Å². The van der Waals surface area contributed by atoms with Crippen LogP contribution < -0.4 is 0 Å². The number of rotatable bonds is 2. The zero-order chi connectivity index (χ0) is 7.40. The molecule has 0 N–H and O–H groups in total. The van der Waals surface area contributed by atoms with Gasteiger partial charge in [0.15, 0.2) is 0 Å². The molecule has 0 amide bonds. The Balaban J connectivity index is 2.62. The third-order valence-electron chi connectivity index (χ3n) is 1.47. The third kappa shape index (κ3) is 1.41. The van der Waals surface area contributed by atoms with Crippen molar-refractivity contribution in [2.75, 3.05) is 0 Å². The Hall–Kier alpha value is -1.18. The molecule has 0 saturated carbocycles. The van der Waals surface area contributed by atoms with Gasteiger partial charge in [0.2, 0.25) is 0 Å². The van der Waals surface area contributed by atoms with Gasteiger partial charge in [0.25, 0.3) is 0 Å². The van der Waals surface area contributed by atoms with Crippen LogP contribution in [0.3, 0.4) is 0 Å². The molecule has 0 aromatic heterocycles. The van der Waals surface area contributed by atoms with E-state index in [1.807, 2.05) is 0 Å². The molecule has 0 heterocycles. The Kier molecular flexibility index (Phi) is 2.15. The lowest BCUT2D eigenvalue weighted by Gasteiger charge is -2.05. The topological polar surface area (TPSA) is 34.1 Å². The highest BCUT2D eigenvalue weighted by molar-refractivity contribution is 5.78. The molecule has 52 valence electrons. The molecule has 0 spiro atoms. The highest BCUT2D eigenvalue weighted by Gasteiger charge is 2.05. The summed E-state index contributed by atoms with van der Waals surface area (Å²) in [7, 11) is 0. The summed E-state index contributed by atoms with van der Waals surface area (Å²) < 4.78 is 0. The fourth-order valence-corrected chi connectivity index (χ4v) is 0.842. The van der Waals surface area contributed by atoms with Gasteiger partial charge in [-0.15, -0.1) is 0 Å². The van der Waals surface area contributed by atoms with Crippen molar-refractivity contribution < 1.29 is 9.59 Å². The molecule has 10 heavy (non-hydrogen) atoms. The maximum absolute atomic E-state index is 10.2. The Labute approximate surface area is 59.2 Å². The number of hydrogen-bond acceptors (Lipinski definition) is 2. The number of allylic oxidation sites excluding steroid dienone is 4. The molecule has 0 bridgehead atoms. The van der Waals surface area contributed by atoms with E-state index >= 15 is 0 Å². The van der Waals surface area contributed by atoms with E-state index in [9.17, 15) is 9.59 Å². The number of aldehydes is 2. The largest absolute Gasteiger partial charge is 0.303 e. The van der Waals surface area contributed by atoms with Crippen molar-refractivity contribution in [1.82, 2.24) is 0 Å². The van der Waals surface area contributed by atoms with E-state index in [-0.39, 0.29) is 5.92 Å². The first-order valence-corrected chi connectivity index (χ1v) is 3.15. The molecule has 1 aliphatic carbocycles. The molecule has 0 aliphatic heterocycles. The van der Waals surface area contributed by atoms with Crippen LogP contribution in [0, 0.1) is 5.92 Å². The Morgan fingerprint density at radius 2 is 2.30 bits per heavy atom. The summed E-state index contributed by atoms with van der Waals surface area (Å²) in [6, 6.07) is 0. The van der Waals surface area contributed by atoms with Gasteiger partial charge in [0, 0.05) is 11.5 Å². The second-order valence-electron chi connectivity index (χ2n) is 2.22. The summed E-state index contributed by atoms with van der Waals surface area (Å²) in [6.07, 6.45) is 7.53. The van der Waals surface area contributed by atoms with Crippen molar-refractivity contribution >= 4 is 12.6 Å². The molecule has 0 fully saturated rings. The molecule has 1 aliphatic rings. The van der Waals surface area contributed by atoms with Gasteiger partial charge in [-0.3, -0.25) is 4.79 Å². The standard InChI is InChI=1S/C8H8O2/c9-5-7-1-2-8(6-10)4-3-7/h1-3,5-6,8H,4H2. The highest BCUT2D eigenvalue weighted by atomic mass is 16.1. The molecular formula is C8H8O2. The fraction of sp³-hybridized carbons (Fsp3) is 0.250. The van der Waals surface area contributed by atoms with Crippen LogP contribution in [0.15, 0.2) is 23.8 Å². The van der Waals surface area contributed by atoms with Crippen molar-refractivity contribution in [3.05, 3.63) is 23.8 Å². The lowest BCUT2D eigenvalue weighted by atomic mass is 9.99. The van der Waals surface area contributed by atoms with Gasteiger partial charge >= 0.3 is 0 Å². The van der Waals surface area contributed by atoms with Crippen molar-refractivity contribution in [2.24, 2.45) is 5.92 Å². The molecule has 0 aromatic rings. The zero-order valence-corrected chi connectivity index (χ0v) is 5.49. The van der Waals surface area contributed by atoms with Gasteiger partial charge in [-0.1, -0.05) is 18.2 Å². The molecular weight excluding hydrogens is 128 g/mol. The molecule has 1 rings (SSSR count). The van der Waals surface area contributed by atoms with Crippen LogP contribution in [-0.4, -0.2) is 12.6 Å². The van der Waals surface area contributed by atoms with Gasteiger partial charge < -0.3 is 4.79 Å². The van der Waals surface area contributed by atoms with Crippen molar-refractivity contribution in [1.29, 1.82) is 0 Å². The quantitative estimate of drug-likeness (QED) is 0.528. The first-order valence-electron chi connectivity index (χ1n) is 3.15. The lowest BCUT2D eigenvalue weighted by molar-refractivity contribution is -0.110. The normalized spacial score (nSPS) is 23.6. The summed E-state index contributed by atoms with van der Waals surface area (Å²) in [4.78, 5) is 20.3. The van der Waals surface area contributed by atoms with Gasteiger partial charge in [-0.25, -0.2) is 0 Å². The first kappa shape index (κ1) is 6.93. The second-order valence-corrected chi connectivity index (χ2v) is 2.22. The molecule has 0 saturated heterocycles. The summed E-state index contributed by atoms with van der Waals surface area (Å²) in [5, 5.41) is 0. The van der Waals surface area contributed by atoms with E-state index in [2.05, 4.69) is 0 Å². The SMILES string of the molecule is O=CC1=CCC(C=O)C=C1. The predicted octanol–water partition coefficient (Wildman–Crippen LogP) is 0.887. The van der Waals surface area contributed by atoms with E-state index in [4.69, 9.17) is 0 Å². The van der Waals surface area contributed by atoms with Crippen LogP contribution in [0.25, 0.3) is 0 Å². The van der Waals surface area contributed by atoms with Crippen LogP contribution in [0.4, 0.5) is 0 Å². The summed E-state index contributed by atoms with van der Waals surface area (Å²) in [6.45, 7) is 0. The lowest BCUT2D eigenvalue weighted by Crippen LogP contribution is -2.00. The van der Waals surface area contributed by atoms with Crippen molar-refractivity contribution in [2.45, 2.75) is 6.42 Å². The molecule has 1 unspecified atom stereocenters. The summed E-state index contributed by atoms with van der Waals surface area (Å²) >= 11 is 0. The highest BCUT2D eigenvalue weighted by Crippen LogP contribution is 2.12. The predicted molar refractivity (Wildman–Crippen MR) is 37.5 cm³/mol. The molecule has 2 heteroatoms. The molecule has 0 radical (unpaired) electrons. The minimum atomic E-state index is -0.0244. The van der Waals surface area contributed by atoms with Crippen molar-refractivity contribution in [3.8, 4) is 0 Å².